The quantitative estimate of drug-likeness (QED) is 0.778. The van der Waals surface area contributed by atoms with E-state index in [2.05, 4.69) is 20.6 Å². The van der Waals surface area contributed by atoms with Gasteiger partial charge in [0.1, 0.15) is 12.4 Å². The van der Waals surface area contributed by atoms with Crippen LogP contribution in [-0.4, -0.2) is 43.4 Å². The molecule has 0 aliphatic carbocycles. The van der Waals surface area contributed by atoms with E-state index in [0.717, 1.165) is 29.9 Å². The molecule has 3 rings (SSSR count). The van der Waals surface area contributed by atoms with Crippen LogP contribution in [0.15, 0.2) is 41.5 Å². The molecule has 25 heavy (non-hydrogen) atoms. The van der Waals surface area contributed by atoms with Crippen LogP contribution in [0.2, 0.25) is 5.02 Å². The van der Waals surface area contributed by atoms with Crippen LogP contribution in [0, 0.1) is 0 Å². The summed E-state index contributed by atoms with van der Waals surface area (Å²) in [5.41, 5.74) is 3.03. The predicted octanol–water partition coefficient (Wildman–Crippen LogP) is 2.97. The number of nitrogens with one attached hydrogen (secondary N) is 2. The number of hydrogen-bond acceptors (Lipinski definition) is 5. The van der Waals surface area contributed by atoms with Crippen molar-refractivity contribution in [2.75, 3.05) is 37.4 Å². The molecule has 7 heteroatoms. The first-order valence-electron chi connectivity index (χ1n) is 8.01. The summed E-state index contributed by atoms with van der Waals surface area (Å²) < 4.78 is 5.02. The lowest BCUT2D eigenvalue weighted by Gasteiger charge is -2.11. The summed E-state index contributed by atoms with van der Waals surface area (Å²) in [5, 5.41) is 6.67. The largest absolute Gasteiger partial charge is 0.385 e. The van der Waals surface area contributed by atoms with Crippen molar-refractivity contribution in [1.82, 2.24) is 4.98 Å². The summed E-state index contributed by atoms with van der Waals surface area (Å²) >= 11 is 6.12. The third kappa shape index (κ3) is 4.35. The zero-order valence-corrected chi connectivity index (χ0v) is 14.6. The van der Waals surface area contributed by atoms with E-state index in [1.807, 2.05) is 12.1 Å². The van der Waals surface area contributed by atoms with Gasteiger partial charge in [-0.1, -0.05) is 11.6 Å². The first-order chi connectivity index (χ1) is 12.2. The van der Waals surface area contributed by atoms with Crippen LogP contribution >= 0.6 is 11.6 Å². The number of methoxy groups -OCH3 is 1. The Morgan fingerprint density at radius 3 is 2.96 bits per heavy atom. The molecule has 6 nitrogen and oxygen atoms in total. The highest BCUT2D eigenvalue weighted by Crippen LogP contribution is 2.26. The van der Waals surface area contributed by atoms with Gasteiger partial charge in [-0.25, -0.2) is 4.98 Å². The zero-order chi connectivity index (χ0) is 17.6. The highest BCUT2D eigenvalue weighted by molar-refractivity contribution is 6.31. The third-order valence-corrected chi connectivity index (χ3v) is 3.99. The Balaban J connectivity index is 1.83. The van der Waals surface area contributed by atoms with Gasteiger partial charge in [-0.05, 0) is 36.8 Å². The number of hydrogen-bond donors (Lipinski definition) is 2. The fourth-order valence-corrected chi connectivity index (χ4v) is 2.74. The fourth-order valence-electron chi connectivity index (χ4n) is 2.57. The summed E-state index contributed by atoms with van der Waals surface area (Å²) in [6, 6.07) is 9.17. The number of pyridine rings is 1. The molecule has 130 valence electrons. The van der Waals surface area contributed by atoms with E-state index in [1.165, 1.54) is 0 Å². The van der Waals surface area contributed by atoms with Gasteiger partial charge >= 0.3 is 0 Å². The van der Waals surface area contributed by atoms with Crippen LogP contribution in [0.4, 0.5) is 11.5 Å². The second-order valence-corrected chi connectivity index (χ2v) is 6.04. The van der Waals surface area contributed by atoms with Crippen molar-refractivity contribution in [3.63, 3.8) is 0 Å². The Morgan fingerprint density at radius 2 is 2.20 bits per heavy atom. The molecule has 1 amide bonds. The average Bonchev–Trinajstić information content (AvgIpc) is 2.78. The van der Waals surface area contributed by atoms with E-state index < -0.39 is 0 Å². The van der Waals surface area contributed by atoms with Crippen molar-refractivity contribution < 1.29 is 9.53 Å². The minimum absolute atomic E-state index is 0.0681. The smallest absolute Gasteiger partial charge is 0.246 e. The maximum Gasteiger partial charge on any atom is 0.246 e. The minimum atomic E-state index is -0.150. The molecule has 0 saturated heterocycles. The van der Waals surface area contributed by atoms with Crippen LogP contribution in [0.3, 0.4) is 0 Å². The lowest BCUT2D eigenvalue weighted by Crippen LogP contribution is -2.13. The maximum atomic E-state index is 11.8. The van der Waals surface area contributed by atoms with Crippen LogP contribution < -0.4 is 10.6 Å². The van der Waals surface area contributed by atoms with E-state index in [0.29, 0.717) is 23.0 Å². The van der Waals surface area contributed by atoms with Gasteiger partial charge in [0.15, 0.2) is 0 Å². The number of benzodiazepines with no additional fused rings is 1. The summed E-state index contributed by atoms with van der Waals surface area (Å²) in [4.78, 5) is 20.7. The van der Waals surface area contributed by atoms with Crippen molar-refractivity contribution in [2.45, 2.75) is 6.42 Å². The summed E-state index contributed by atoms with van der Waals surface area (Å²) in [5.74, 6) is 0.637. The topological polar surface area (TPSA) is 75.6 Å². The van der Waals surface area contributed by atoms with Gasteiger partial charge in [-0.3, -0.25) is 9.79 Å². The SMILES string of the molecule is COCCCNc1ccc(C2=NCC(=O)Nc3ccc(Cl)cc32)cn1. The van der Waals surface area contributed by atoms with Gasteiger partial charge in [0, 0.05) is 42.6 Å². The number of aromatic nitrogens is 1. The molecule has 2 aromatic rings. The van der Waals surface area contributed by atoms with Crippen molar-refractivity contribution in [1.29, 1.82) is 0 Å². The van der Waals surface area contributed by atoms with Gasteiger partial charge < -0.3 is 15.4 Å². The van der Waals surface area contributed by atoms with E-state index in [9.17, 15) is 4.79 Å². The van der Waals surface area contributed by atoms with Gasteiger partial charge in [-0.15, -0.1) is 0 Å². The Labute approximate surface area is 151 Å². The van der Waals surface area contributed by atoms with Crippen molar-refractivity contribution in [2.24, 2.45) is 4.99 Å². The summed E-state index contributed by atoms with van der Waals surface area (Å²) in [6.07, 6.45) is 2.66. The molecule has 0 atom stereocenters. The Hall–Kier alpha value is -2.44. The number of aliphatic imine (C=N–C) groups is 1. The van der Waals surface area contributed by atoms with Gasteiger partial charge in [0.25, 0.3) is 0 Å². The van der Waals surface area contributed by atoms with Gasteiger partial charge in [-0.2, -0.15) is 0 Å². The van der Waals surface area contributed by atoms with Crippen LogP contribution in [0.25, 0.3) is 0 Å². The number of fused-ring (bicyclic) bond motifs is 1. The molecule has 1 aromatic carbocycles. The fraction of sp³-hybridized carbons (Fsp3) is 0.278. The number of carbonyl (C=O) groups excluding carboxylic acids is 1. The summed E-state index contributed by atoms with van der Waals surface area (Å²) in [6.45, 7) is 1.57. The first kappa shape index (κ1) is 17.4. The van der Waals surface area contributed by atoms with E-state index >= 15 is 0 Å². The molecule has 0 bridgehead atoms. The lowest BCUT2D eigenvalue weighted by atomic mass is 10.0. The molecule has 2 heterocycles. The van der Waals surface area contributed by atoms with E-state index in [4.69, 9.17) is 16.3 Å². The first-order valence-corrected chi connectivity index (χ1v) is 8.38. The molecular weight excluding hydrogens is 340 g/mol. The Morgan fingerprint density at radius 1 is 1.32 bits per heavy atom. The number of ether oxygens (including phenoxy) is 1. The number of amides is 1. The molecule has 0 unspecified atom stereocenters. The molecule has 0 fully saturated rings. The number of anilines is 2. The number of carbonyl (C=O) groups is 1. The van der Waals surface area contributed by atoms with Crippen LogP contribution in [0.1, 0.15) is 17.5 Å². The van der Waals surface area contributed by atoms with Crippen molar-refractivity contribution >= 4 is 34.7 Å². The molecule has 0 radical (unpaired) electrons. The number of nitrogens with zero attached hydrogens (tertiary/aromatic N) is 2. The zero-order valence-electron chi connectivity index (χ0n) is 13.9. The number of halogens is 1. The molecule has 0 spiro atoms. The monoisotopic (exact) mass is 358 g/mol. The van der Waals surface area contributed by atoms with Gasteiger partial charge in [0.05, 0.1) is 11.4 Å². The van der Waals surface area contributed by atoms with Crippen molar-refractivity contribution in [3.05, 3.63) is 52.7 Å². The molecule has 0 saturated carbocycles. The third-order valence-electron chi connectivity index (χ3n) is 3.76. The second kappa shape index (κ2) is 8.09. The lowest BCUT2D eigenvalue weighted by molar-refractivity contribution is -0.114. The number of rotatable bonds is 6. The minimum Gasteiger partial charge on any atom is -0.385 e. The molecule has 1 aliphatic heterocycles. The van der Waals surface area contributed by atoms with E-state index in [-0.39, 0.29) is 12.5 Å². The normalized spacial score (nSPS) is 13.5. The van der Waals surface area contributed by atoms with Crippen LogP contribution in [-0.2, 0) is 9.53 Å². The van der Waals surface area contributed by atoms with Crippen molar-refractivity contribution in [3.8, 4) is 0 Å². The highest BCUT2D eigenvalue weighted by atomic mass is 35.5. The predicted molar refractivity (Wildman–Crippen MR) is 99.8 cm³/mol. The molecular formula is C18H19ClN4O2. The number of benzene rings is 1. The molecule has 2 N–H and O–H groups in total. The highest BCUT2D eigenvalue weighted by Gasteiger charge is 2.18. The Bertz CT molecular complexity index is 790. The van der Waals surface area contributed by atoms with Gasteiger partial charge in [0.2, 0.25) is 5.91 Å². The molecule has 1 aliphatic rings. The Kier molecular flexibility index (Phi) is 5.63. The maximum absolute atomic E-state index is 11.8. The standard InChI is InChI=1S/C18H19ClN4O2/c1-25-8-2-7-20-16-6-3-12(10-21-16)18-14-9-13(19)4-5-15(14)23-17(24)11-22-18/h3-6,9-10H,2,7-8,11H2,1H3,(H,20,21)(H,23,24). The average molecular weight is 359 g/mol. The van der Waals surface area contributed by atoms with E-state index in [1.54, 1.807) is 31.5 Å². The summed E-state index contributed by atoms with van der Waals surface area (Å²) in [7, 11) is 1.68. The van der Waals surface area contributed by atoms with Crippen LogP contribution in [0.5, 0.6) is 0 Å². The molecule has 1 aromatic heterocycles. The second-order valence-electron chi connectivity index (χ2n) is 5.61.